The number of aliphatic carboxylic acids is 1. The Bertz CT molecular complexity index is 766. The maximum atomic E-state index is 11.6. The number of aryl methyl sites for hydroxylation is 1. The molecular formula is C16H18BrNO5. The van der Waals surface area contributed by atoms with Gasteiger partial charge >= 0.3 is 11.9 Å². The van der Waals surface area contributed by atoms with Crippen LogP contribution < -0.4 is 4.74 Å². The van der Waals surface area contributed by atoms with Crippen LogP contribution in [-0.2, 0) is 11.3 Å². The summed E-state index contributed by atoms with van der Waals surface area (Å²) < 4.78 is 7.80. The monoisotopic (exact) mass is 383 g/mol. The van der Waals surface area contributed by atoms with Gasteiger partial charge in [-0.2, -0.15) is 0 Å². The molecule has 2 aromatic rings. The number of unbranched alkanes of at least 4 members (excludes halogenated alkanes) is 1. The number of carboxylic acid groups (broad SMARTS) is 2. The van der Waals surface area contributed by atoms with E-state index in [9.17, 15) is 14.7 Å². The number of halogens is 1. The van der Waals surface area contributed by atoms with Gasteiger partial charge in [0.25, 0.3) is 0 Å². The normalized spacial score (nSPS) is 10.9. The summed E-state index contributed by atoms with van der Waals surface area (Å²) >= 11 is 3.36. The molecule has 0 atom stereocenters. The Morgan fingerprint density at radius 1 is 1.30 bits per heavy atom. The lowest BCUT2D eigenvalue weighted by Gasteiger charge is -2.09. The predicted molar refractivity (Wildman–Crippen MR) is 89.4 cm³/mol. The third-order valence-corrected chi connectivity index (χ3v) is 4.30. The average Bonchev–Trinajstić information content (AvgIpc) is 2.73. The first-order chi connectivity index (χ1) is 10.9. The van der Waals surface area contributed by atoms with Crippen molar-refractivity contribution >= 4 is 38.8 Å². The third kappa shape index (κ3) is 3.50. The molecule has 1 aromatic heterocycles. The average molecular weight is 384 g/mol. The number of ether oxygens (including phenoxy) is 1. The highest BCUT2D eigenvalue weighted by Crippen LogP contribution is 2.35. The first-order valence-corrected chi connectivity index (χ1v) is 8.06. The smallest absolute Gasteiger partial charge is 0.341 e. The van der Waals surface area contributed by atoms with Crippen LogP contribution in [0.3, 0.4) is 0 Å². The molecule has 124 valence electrons. The highest BCUT2D eigenvalue weighted by Gasteiger charge is 2.21. The summed E-state index contributed by atoms with van der Waals surface area (Å²) in [5.74, 6) is -1.78. The molecule has 0 spiro atoms. The van der Waals surface area contributed by atoms with Crippen LogP contribution in [0.1, 0.15) is 35.8 Å². The number of nitrogens with zero attached hydrogens (tertiary/aromatic N) is 1. The summed E-state index contributed by atoms with van der Waals surface area (Å²) in [4.78, 5) is 22.3. The molecule has 0 radical (unpaired) electrons. The number of carbonyl (C=O) groups is 2. The third-order valence-electron chi connectivity index (χ3n) is 3.68. The van der Waals surface area contributed by atoms with Gasteiger partial charge in [-0.05, 0) is 41.4 Å². The molecule has 0 unspecified atom stereocenters. The summed E-state index contributed by atoms with van der Waals surface area (Å²) in [6, 6.07) is 3.36. The molecular weight excluding hydrogens is 366 g/mol. The molecule has 0 aliphatic carbocycles. The van der Waals surface area contributed by atoms with E-state index in [1.165, 1.54) is 0 Å². The highest BCUT2D eigenvalue weighted by atomic mass is 79.9. The van der Waals surface area contributed by atoms with E-state index in [1.807, 2.05) is 4.57 Å². The van der Waals surface area contributed by atoms with E-state index < -0.39 is 18.5 Å². The standard InChI is InChI=1S/C16H18BrNO5/c1-3-4-5-18-9(2)15(16(21)22)10-6-13(23-8-14(19)20)11(17)7-12(10)18/h6-7H,3-5,8H2,1-2H3,(H,19,20)(H,21,22). The van der Waals surface area contributed by atoms with Crippen LogP contribution in [0.15, 0.2) is 16.6 Å². The number of carboxylic acids is 2. The van der Waals surface area contributed by atoms with Crippen molar-refractivity contribution in [1.29, 1.82) is 0 Å². The Balaban J connectivity index is 2.61. The Kier molecular flexibility index (Phi) is 5.30. The summed E-state index contributed by atoms with van der Waals surface area (Å²) in [6.45, 7) is 4.10. The minimum Gasteiger partial charge on any atom is -0.481 e. The Labute approximate surface area is 141 Å². The van der Waals surface area contributed by atoms with Gasteiger partial charge in [0.1, 0.15) is 5.75 Å². The van der Waals surface area contributed by atoms with E-state index in [0.717, 1.165) is 24.9 Å². The second-order valence-corrected chi connectivity index (χ2v) is 6.11. The van der Waals surface area contributed by atoms with Crippen LogP contribution in [0.4, 0.5) is 0 Å². The molecule has 0 amide bonds. The quantitative estimate of drug-likeness (QED) is 0.761. The molecule has 0 aliphatic rings. The first-order valence-electron chi connectivity index (χ1n) is 7.27. The molecule has 23 heavy (non-hydrogen) atoms. The van der Waals surface area contributed by atoms with Crippen molar-refractivity contribution < 1.29 is 24.5 Å². The van der Waals surface area contributed by atoms with E-state index in [1.54, 1.807) is 19.1 Å². The van der Waals surface area contributed by atoms with Crippen molar-refractivity contribution in [3.63, 3.8) is 0 Å². The van der Waals surface area contributed by atoms with Crippen molar-refractivity contribution in [3.8, 4) is 5.75 Å². The lowest BCUT2D eigenvalue weighted by Crippen LogP contribution is -2.09. The van der Waals surface area contributed by atoms with Crippen molar-refractivity contribution in [2.45, 2.75) is 33.2 Å². The number of fused-ring (bicyclic) bond motifs is 1. The molecule has 1 heterocycles. The molecule has 6 nitrogen and oxygen atoms in total. The second kappa shape index (κ2) is 7.04. The molecule has 0 aliphatic heterocycles. The number of hydrogen-bond acceptors (Lipinski definition) is 3. The number of rotatable bonds is 7. The molecule has 0 saturated heterocycles. The molecule has 0 bridgehead atoms. The number of hydrogen-bond donors (Lipinski definition) is 2. The van der Waals surface area contributed by atoms with E-state index in [2.05, 4.69) is 22.9 Å². The summed E-state index contributed by atoms with van der Waals surface area (Å²) in [5, 5.41) is 18.8. The Hall–Kier alpha value is -2.02. The largest absolute Gasteiger partial charge is 0.481 e. The van der Waals surface area contributed by atoms with E-state index in [0.29, 0.717) is 21.3 Å². The van der Waals surface area contributed by atoms with Crippen molar-refractivity contribution in [1.82, 2.24) is 4.57 Å². The Morgan fingerprint density at radius 2 is 2.00 bits per heavy atom. The zero-order chi connectivity index (χ0) is 17.1. The zero-order valence-electron chi connectivity index (χ0n) is 12.9. The fraction of sp³-hybridized carbons (Fsp3) is 0.375. The van der Waals surface area contributed by atoms with Crippen molar-refractivity contribution in [2.75, 3.05) is 6.61 Å². The molecule has 7 heteroatoms. The van der Waals surface area contributed by atoms with Gasteiger partial charge in [-0.15, -0.1) is 0 Å². The van der Waals surface area contributed by atoms with Gasteiger partial charge in [-0.3, -0.25) is 0 Å². The van der Waals surface area contributed by atoms with E-state index in [-0.39, 0.29) is 5.56 Å². The maximum absolute atomic E-state index is 11.6. The summed E-state index contributed by atoms with van der Waals surface area (Å²) in [6.07, 6.45) is 1.95. The lowest BCUT2D eigenvalue weighted by atomic mass is 10.1. The molecule has 0 saturated carbocycles. The van der Waals surface area contributed by atoms with E-state index in [4.69, 9.17) is 9.84 Å². The van der Waals surface area contributed by atoms with Crippen LogP contribution in [0.25, 0.3) is 10.9 Å². The van der Waals surface area contributed by atoms with Crippen LogP contribution in [0.2, 0.25) is 0 Å². The highest BCUT2D eigenvalue weighted by molar-refractivity contribution is 9.10. The topological polar surface area (TPSA) is 88.8 Å². The van der Waals surface area contributed by atoms with Gasteiger partial charge in [0.15, 0.2) is 6.61 Å². The minimum atomic E-state index is -1.09. The van der Waals surface area contributed by atoms with Gasteiger partial charge in [-0.1, -0.05) is 13.3 Å². The number of aromatic nitrogens is 1. The van der Waals surface area contributed by atoms with Gasteiger partial charge in [0.05, 0.1) is 15.6 Å². The fourth-order valence-corrected chi connectivity index (χ4v) is 3.05. The second-order valence-electron chi connectivity index (χ2n) is 5.25. The fourth-order valence-electron chi connectivity index (χ4n) is 2.60. The van der Waals surface area contributed by atoms with E-state index >= 15 is 0 Å². The SMILES string of the molecule is CCCCn1c(C)c(C(=O)O)c2cc(OCC(=O)O)c(Br)cc21. The van der Waals surface area contributed by atoms with Crippen LogP contribution in [-0.4, -0.2) is 33.3 Å². The van der Waals surface area contributed by atoms with Gasteiger partial charge in [0, 0.05) is 17.6 Å². The van der Waals surface area contributed by atoms with Crippen molar-refractivity contribution in [2.24, 2.45) is 0 Å². The molecule has 2 N–H and O–H groups in total. The maximum Gasteiger partial charge on any atom is 0.341 e. The van der Waals surface area contributed by atoms with Crippen molar-refractivity contribution in [3.05, 3.63) is 27.9 Å². The van der Waals surface area contributed by atoms with Crippen LogP contribution >= 0.6 is 15.9 Å². The number of aromatic carboxylic acids is 1. The zero-order valence-corrected chi connectivity index (χ0v) is 14.5. The molecule has 1 aromatic carbocycles. The van der Waals surface area contributed by atoms with Gasteiger partial charge < -0.3 is 19.5 Å². The molecule has 0 fully saturated rings. The molecule has 2 rings (SSSR count). The first kappa shape index (κ1) is 17.3. The van der Waals surface area contributed by atoms with Crippen LogP contribution in [0.5, 0.6) is 5.75 Å². The lowest BCUT2D eigenvalue weighted by molar-refractivity contribution is -0.139. The van der Waals surface area contributed by atoms with Gasteiger partial charge in [0.2, 0.25) is 0 Å². The summed E-state index contributed by atoms with van der Waals surface area (Å²) in [5.41, 5.74) is 1.70. The predicted octanol–water partition coefficient (Wildman–Crippen LogP) is 3.67. The summed E-state index contributed by atoms with van der Waals surface area (Å²) in [7, 11) is 0. The number of benzene rings is 1. The Morgan fingerprint density at radius 3 is 2.57 bits per heavy atom. The van der Waals surface area contributed by atoms with Crippen LogP contribution in [0, 0.1) is 6.92 Å². The van der Waals surface area contributed by atoms with Gasteiger partial charge in [-0.25, -0.2) is 9.59 Å². The minimum absolute atomic E-state index is 0.226.